The van der Waals surface area contributed by atoms with Gasteiger partial charge in [0.15, 0.2) is 5.78 Å². The highest BCUT2D eigenvalue weighted by molar-refractivity contribution is 6.00. The number of pyridine rings is 3. The molecule has 4 N–H and O–H groups in total. The summed E-state index contributed by atoms with van der Waals surface area (Å²) in [6.07, 6.45) is 32.5. The van der Waals surface area contributed by atoms with E-state index in [1.807, 2.05) is 166 Å². The summed E-state index contributed by atoms with van der Waals surface area (Å²) in [6, 6.07) is 49.0. The summed E-state index contributed by atoms with van der Waals surface area (Å²) in [5.41, 5.74) is 9.99. The van der Waals surface area contributed by atoms with Gasteiger partial charge in [-0.15, -0.1) is 19.7 Å². The van der Waals surface area contributed by atoms with Crippen molar-refractivity contribution < 1.29 is 71.6 Å². The minimum atomic E-state index is -0.994. The van der Waals surface area contributed by atoms with Crippen LogP contribution in [0.25, 0.3) is 84.7 Å². The van der Waals surface area contributed by atoms with E-state index in [1.54, 1.807) is 20.8 Å². The number of unbranched alkanes of at least 4 members (excludes halogenated alkanes) is 3. The normalized spacial score (nSPS) is 27.8. The van der Waals surface area contributed by atoms with Gasteiger partial charge < -0.3 is 59.7 Å². The van der Waals surface area contributed by atoms with Gasteiger partial charge in [-0.25, -0.2) is 19.7 Å². The summed E-state index contributed by atoms with van der Waals surface area (Å²) in [5.74, 6) is -0.741. The molecule has 0 radical (unpaired) electrons. The van der Waals surface area contributed by atoms with Crippen molar-refractivity contribution in [1.29, 1.82) is 0 Å². The zero-order chi connectivity index (χ0) is 103. The summed E-state index contributed by atoms with van der Waals surface area (Å²) < 4.78 is 32.0. The molecular formula is C121H140N10O15. The van der Waals surface area contributed by atoms with Crippen molar-refractivity contribution >= 4 is 110 Å². The lowest BCUT2D eigenvalue weighted by Crippen LogP contribution is -2.55. The Morgan fingerprint density at radius 2 is 0.952 bits per heavy atom. The first-order valence-corrected chi connectivity index (χ1v) is 53.1. The van der Waals surface area contributed by atoms with Crippen LogP contribution in [0.15, 0.2) is 214 Å². The lowest BCUT2D eigenvalue weighted by Gasteiger charge is -2.29. The molecule has 4 aliphatic carbocycles. The van der Waals surface area contributed by atoms with E-state index in [4.69, 9.17) is 38.6 Å². The molecule has 9 heterocycles. The number of allylic oxidation sites excluding steroid dienone is 2. The number of hydrogen-bond donors (Lipinski definition) is 4. The van der Waals surface area contributed by atoms with Crippen LogP contribution in [0, 0.1) is 42.4 Å². The van der Waals surface area contributed by atoms with Gasteiger partial charge in [-0.05, 0) is 176 Å². The van der Waals surface area contributed by atoms with Crippen molar-refractivity contribution in [3.05, 3.63) is 236 Å². The number of nitrogens with zero attached hydrogens (tertiary/aromatic N) is 6. The molecular weight excluding hydrogens is 1830 g/mol. The van der Waals surface area contributed by atoms with E-state index in [-0.39, 0.29) is 127 Å². The molecule has 7 fully saturated rings. The second-order valence-corrected chi connectivity index (χ2v) is 42.1. The van der Waals surface area contributed by atoms with Crippen molar-refractivity contribution in [3.8, 4) is 51.0 Å². The fourth-order valence-corrected chi connectivity index (χ4v) is 22.2. The summed E-state index contributed by atoms with van der Waals surface area (Å²) in [4.78, 5) is 157. The molecule has 3 aromatic heterocycles. The molecule has 7 amide bonds. The quantitative estimate of drug-likeness (QED) is 0.0362. The molecule has 25 nitrogen and oxygen atoms in total. The molecule has 0 spiro atoms. The first kappa shape index (κ1) is 104. The first-order valence-electron chi connectivity index (χ1n) is 53.1. The van der Waals surface area contributed by atoms with E-state index in [2.05, 4.69) is 122 Å². The Bertz CT molecular complexity index is 6480. The van der Waals surface area contributed by atoms with Crippen LogP contribution in [0.2, 0.25) is 0 Å². The number of hydrogen-bond acceptors (Lipinski definition) is 18. The molecule has 9 aromatic rings. The molecule has 19 rings (SSSR count). The zero-order valence-corrected chi connectivity index (χ0v) is 85.4. The maximum absolute atomic E-state index is 14.4. The zero-order valence-electron chi connectivity index (χ0n) is 85.4. The molecule has 25 heteroatoms. The van der Waals surface area contributed by atoms with Crippen molar-refractivity contribution in [2.45, 2.75) is 281 Å². The predicted octanol–water partition coefficient (Wildman–Crippen LogP) is 21.3. The Balaban J connectivity index is 0.000000150. The predicted molar refractivity (Wildman–Crippen MR) is 570 cm³/mol. The van der Waals surface area contributed by atoms with Gasteiger partial charge in [0, 0.05) is 130 Å². The van der Waals surface area contributed by atoms with E-state index in [0.717, 1.165) is 185 Å². The number of nitrogens with one attached hydrogen (secondary N) is 4. The molecule has 764 valence electrons. The minimum absolute atomic E-state index is 0.00351. The highest BCUT2D eigenvalue weighted by atomic mass is 16.6. The van der Waals surface area contributed by atoms with Gasteiger partial charge in [0.1, 0.15) is 77.2 Å². The topological polar surface area (TPSA) is 313 Å². The molecule has 6 aromatic carbocycles. The van der Waals surface area contributed by atoms with Crippen molar-refractivity contribution in [2.24, 2.45) is 35.5 Å². The smallest absolute Gasteiger partial charge is 0.408 e. The summed E-state index contributed by atoms with van der Waals surface area (Å²) in [7, 11) is 0. The van der Waals surface area contributed by atoms with E-state index >= 15 is 0 Å². The van der Waals surface area contributed by atoms with Crippen LogP contribution in [0.5, 0.6) is 17.2 Å². The van der Waals surface area contributed by atoms with Gasteiger partial charge in [0.25, 0.3) is 0 Å². The number of Topliss-reactive ketones (excluding diaryl/α,β-unsaturated/α-hetero) is 2. The third kappa shape index (κ3) is 24.3. The number of benzene rings is 6. The second kappa shape index (κ2) is 46.3. The number of cyclic esters (lactones) is 1. The average molecular weight is 1970 g/mol. The second-order valence-electron chi connectivity index (χ2n) is 42.1. The molecule has 6 aliphatic heterocycles. The number of amides is 7. The monoisotopic (exact) mass is 1970 g/mol. The Morgan fingerprint density at radius 3 is 1.45 bits per heavy atom. The Kier molecular flexibility index (Phi) is 32.9. The van der Waals surface area contributed by atoms with Gasteiger partial charge in [-0.1, -0.05) is 217 Å². The van der Waals surface area contributed by atoms with Gasteiger partial charge in [-0.2, -0.15) is 0 Å². The number of fused-ring (bicyclic) bond motifs is 10. The molecule has 12 bridgehead atoms. The van der Waals surface area contributed by atoms with Crippen LogP contribution in [-0.2, 0) is 52.6 Å². The fraction of sp³-hybridized carbons (Fsp3) is 0.446. The minimum Gasteiger partial charge on any atom is -0.488 e. The van der Waals surface area contributed by atoms with E-state index in [0.29, 0.717) is 75.2 Å². The third-order valence-corrected chi connectivity index (χ3v) is 31.2. The van der Waals surface area contributed by atoms with Crippen molar-refractivity contribution in [2.75, 3.05) is 26.2 Å². The molecule has 1 unspecified atom stereocenters. The lowest BCUT2D eigenvalue weighted by molar-refractivity contribution is -0.150. The first-order chi connectivity index (χ1) is 70.6. The number of carbonyl (C=O) groups excluding carboxylic acids is 10. The summed E-state index contributed by atoms with van der Waals surface area (Å²) in [6.45, 7) is 26.3. The molecule has 146 heavy (non-hydrogen) atoms. The van der Waals surface area contributed by atoms with Gasteiger partial charge in [-0.3, -0.25) is 43.2 Å². The number of aryl methyl sites for hydroxylation is 1. The molecule has 4 saturated carbocycles. The van der Waals surface area contributed by atoms with Crippen LogP contribution < -0.4 is 35.5 Å². The number of carbonyl (C=O) groups is 10. The summed E-state index contributed by atoms with van der Waals surface area (Å²) in [5, 5.41) is 14.9. The number of ketones is 2. The Hall–Kier alpha value is -13.7. The Labute approximate surface area is 857 Å². The van der Waals surface area contributed by atoms with Gasteiger partial charge in [0.05, 0.1) is 66.3 Å². The Morgan fingerprint density at radius 1 is 0.486 bits per heavy atom. The fourth-order valence-electron chi connectivity index (χ4n) is 22.2. The number of esters is 1. The standard InChI is InChI=1S/C41H47N3O5.C40H46N4O5.C40H47N3O5/c1-4-6-15-30-22-32(46)18-13-8-7-10-14-28-19-20-35-34(21-28)38(24-36(42-35)29-16-11-9-12-17-29)49-33-23-37(44(26-33)40(30)48)39(47)43-41(27(3)45)25-31(41)5-2;1-4-6-14-32-38(46)44-24-29(21-34(44)37(45)43-40(3)23-28(40)5-2)48-36-22-33(26-11-8-7-9-12-26)41-31-19-17-25(20-30(31)36)16-18-27-13-10-15-35(27)49-39(47)42-32;1-5-7-14-29-21-37(44)47-18-13-9-12-17-28-20-32-34(19-26(28)3)41-33(27-15-10-8-11-16-27)23-36(32)48-31-22-35(43(25-31)39(29)46)38(45)42-40(4)24-30(40)6-2/h5,9-12,14,16-17,19-21,24,30-31,33,37H,2,4,6-8,13,15,18,22-23,25-26H2,1,3H3,(H,43,47);5,7-9,11-12,16-20,22,27-29,32,34-35H,2,4,6,10,13-15,21,23-24H2,1,3H3,(H,42,47)(H,43,45);6,8,10-12,15-17,19-20,23,29-31,35H,2,5,7,9,13-14,18,21-22,24-25H2,1,3-4H3,(H,42,45)/b14-10+;18-16+;17-12+/t30-,31-,33-,37+,41+;27?,28-,29-,32+,34+,35+,40-;29-,30-,31-,35+,40-/m111/s1. The molecule has 17 atom stereocenters. The van der Waals surface area contributed by atoms with Crippen LogP contribution in [0.3, 0.4) is 0 Å². The van der Waals surface area contributed by atoms with Gasteiger partial charge in [0.2, 0.25) is 35.4 Å². The molecule has 3 saturated heterocycles. The van der Waals surface area contributed by atoms with Crippen LogP contribution in [0.4, 0.5) is 4.79 Å². The van der Waals surface area contributed by atoms with Crippen LogP contribution in [0.1, 0.15) is 231 Å². The van der Waals surface area contributed by atoms with Crippen LogP contribution >= 0.6 is 0 Å². The number of rotatable bonds is 22. The third-order valence-electron chi connectivity index (χ3n) is 31.2. The van der Waals surface area contributed by atoms with E-state index in [1.165, 1.54) is 6.92 Å². The number of ether oxygens (including phenoxy) is 5. The SMILES string of the molecule is C=C[C@@H]1C[C@@]1(C)NC(=O)[C@@H]1C[C@@H]2CN1C(=O)[C@H](CCCC)CC(=O)OCCC/C=C/c1cc3c(cc(-c4ccccc4)nc3cc1C)O2.C=C[C@@H]1C[C@@]1(C)NC(=O)[C@@H]1C[C@@H]2CN1C(=O)[C@H](CCCC)NC(=O)O[C@H]1CCCC1/C=C/c1ccc3nc(-c4ccccc4)cc(c3c1)O2.C=C[C@@H]1C[C@]1(NC(=O)[C@@H]1C[C@@H]2CN1C(=O)[C@H](CCCC)CC(=O)CCCC/C=C/c1ccc3nc(-c4ccccc4)cc(c3c1)O2)C(C)=O. The van der Waals surface area contributed by atoms with Crippen molar-refractivity contribution in [3.63, 3.8) is 0 Å². The number of aromatic nitrogens is 3. The highest BCUT2D eigenvalue weighted by Crippen LogP contribution is 2.49. The van der Waals surface area contributed by atoms with E-state index in [9.17, 15) is 47.9 Å². The number of alkyl carbamates (subject to hydrolysis) is 1. The average Bonchev–Trinajstić information content (AvgIpc) is 1.58. The maximum atomic E-state index is 14.4. The maximum Gasteiger partial charge on any atom is 0.408 e. The summed E-state index contributed by atoms with van der Waals surface area (Å²) >= 11 is 0. The lowest BCUT2D eigenvalue weighted by atomic mass is 9.92. The highest BCUT2D eigenvalue weighted by Gasteiger charge is 2.60. The van der Waals surface area contributed by atoms with E-state index < -0.39 is 71.5 Å². The molecule has 10 aliphatic rings. The van der Waals surface area contributed by atoms with Crippen LogP contribution in [-0.4, -0.2) is 180 Å². The van der Waals surface area contributed by atoms with Gasteiger partial charge >= 0.3 is 12.1 Å². The van der Waals surface area contributed by atoms with Crippen molar-refractivity contribution in [1.82, 2.24) is 50.9 Å². The largest absolute Gasteiger partial charge is 0.488 e.